The number of alkyl halides is 3. The van der Waals surface area contributed by atoms with Crippen LogP contribution in [-0.2, 0) is 13.2 Å². The molecule has 0 spiro atoms. The fourth-order valence-corrected chi connectivity index (χ4v) is 2.58. The van der Waals surface area contributed by atoms with Crippen LogP contribution in [0.2, 0.25) is 0 Å². The smallest absolute Gasteiger partial charge is 0.383 e. The van der Waals surface area contributed by atoms with Crippen LogP contribution in [0.1, 0.15) is 16.1 Å². The molecule has 5 N–H and O–H groups in total. The molecule has 2 heterocycles. The molecule has 9 nitrogen and oxygen atoms in total. The molecule has 3 rings (SSSR count). The normalized spacial score (nSPS) is 11.4. The predicted octanol–water partition coefficient (Wildman–Crippen LogP) is 2.92. The summed E-state index contributed by atoms with van der Waals surface area (Å²) in [6, 6.07) is 9.11. The summed E-state index contributed by atoms with van der Waals surface area (Å²) in [5.41, 5.74) is 5.21. The molecule has 2 aromatic heterocycles. The number of carbonyl (C=O) groups is 1. The lowest BCUT2D eigenvalue weighted by molar-refractivity contribution is -0.141. The van der Waals surface area contributed by atoms with Gasteiger partial charge in [0.05, 0.1) is 11.4 Å². The summed E-state index contributed by atoms with van der Waals surface area (Å²) in [7, 11) is 1.35. The highest BCUT2D eigenvalue weighted by atomic mass is 19.4. The van der Waals surface area contributed by atoms with Gasteiger partial charge in [-0.3, -0.25) is 19.9 Å². The topological polar surface area (TPSA) is 130 Å². The maximum Gasteiger partial charge on any atom is 0.435 e. The Labute approximate surface area is 161 Å². The number of pyridine rings is 1. The van der Waals surface area contributed by atoms with Crippen molar-refractivity contribution >= 4 is 23.2 Å². The maximum absolute atomic E-state index is 12.8. The largest absolute Gasteiger partial charge is 0.435 e. The molecule has 0 aliphatic heterocycles. The van der Waals surface area contributed by atoms with Crippen molar-refractivity contribution in [3.05, 3.63) is 53.7 Å². The molecular weight excluding hydrogens is 393 g/mol. The second-order valence-electron chi connectivity index (χ2n) is 5.96. The minimum atomic E-state index is -4.60. The maximum atomic E-state index is 12.8. The van der Waals surface area contributed by atoms with Crippen LogP contribution < -0.4 is 16.3 Å². The molecule has 0 saturated heterocycles. The van der Waals surface area contributed by atoms with E-state index < -0.39 is 17.8 Å². The third-order valence-corrected chi connectivity index (χ3v) is 3.95. The van der Waals surface area contributed by atoms with Crippen LogP contribution >= 0.6 is 0 Å². The molecular formula is C17H15F3N6O3. The van der Waals surface area contributed by atoms with Gasteiger partial charge in [-0.25, -0.2) is 4.98 Å². The van der Waals surface area contributed by atoms with Crippen molar-refractivity contribution in [2.24, 2.45) is 7.05 Å². The monoisotopic (exact) mass is 408 g/mol. The molecule has 152 valence electrons. The Morgan fingerprint density at radius 3 is 2.52 bits per heavy atom. The van der Waals surface area contributed by atoms with Gasteiger partial charge in [-0.05, 0) is 36.4 Å². The average molecular weight is 408 g/mol. The van der Waals surface area contributed by atoms with Gasteiger partial charge >= 0.3 is 6.18 Å². The van der Waals surface area contributed by atoms with E-state index in [1.165, 1.54) is 43.4 Å². The number of rotatable bonds is 4. The summed E-state index contributed by atoms with van der Waals surface area (Å²) in [6.07, 6.45) is -4.60. The van der Waals surface area contributed by atoms with Crippen LogP contribution in [0.15, 0.2) is 42.5 Å². The minimum absolute atomic E-state index is 0.0304. The summed E-state index contributed by atoms with van der Waals surface area (Å²) < 4.78 is 39.6. The molecule has 0 bridgehead atoms. The number of anilines is 3. The van der Waals surface area contributed by atoms with Crippen molar-refractivity contribution in [2.75, 3.05) is 16.3 Å². The van der Waals surface area contributed by atoms with Gasteiger partial charge in [0.25, 0.3) is 5.91 Å². The Morgan fingerprint density at radius 1 is 1.21 bits per heavy atom. The first-order valence-corrected chi connectivity index (χ1v) is 8.03. The molecule has 12 heteroatoms. The lowest BCUT2D eigenvalue weighted by Crippen LogP contribution is -2.16. The standard InChI is InChI=1S/C17H15F3N6O3/c1-25-12(8-13(24-25)17(18,19)20)11-5-6-14(22-15(11)21)23-16(27)9-3-2-4-10(7-9)26(28)29/h2-8,28-29H,1H3,(H3,21,22,23,27). The third kappa shape index (κ3) is 4.28. The molecule has 0 atom stereocenters. The lowest BCUT2D eigenvalue weighted by Gasteiger charge is -2.11. The second kappa shape index (κ2) is 7.41. The molecule has 0 aliphatic rings. The van der Waals surface area contributed by atoms with Gasteiger partial charge in [-0.1, -0.05) is 6.07 Å². The van der Waals surface area contributed by atoms with Crippen LogP contribution in [0.25, 0.3) is 11.3 Å². The molecule has 0 aliphatic carbocycles. The number of amides is 1. The Morgan fingerprint density at radius 2 is 1.93 bits per heavy atom. The predicted molar refractivity (Wildman–Crippen MR) is 96.3 cm³/mol. The van der Waals surface area contributed by atoms with E-state index in [2.05, 4.69) is 15.4 Å². The summed E-state index contributed by atoms with van der Waals surface area (Å²) in [4.78, 5) is 16.3. The Hall–Kier alpha value is -3.64. The number of hydrogen-bond acceptors (Lipinski definition) is 7. The van der Waals surface area contributed by atoms with E-state index in [9.17, 15) is 18.0 Å². The summed E-state index contributed by atoms with van der Waals surface area (Å²) in [5, 5.41) is 23.8. The van der Waals surface area contributed by atoms with E-state index in [0.29, 0.717) is 0 Å². The Kier molecular flexibility index (Phi) is 5.14. The van der Waals surface area contributed by atoms with Gasteiger partial charge in [-0.2, -0.15) is 18.3 Å². The van der Waals surface area contributed by atoms with Gasteiger partial charge in [0.15, 0.2) is 5.69 Å². The van der Waals surface area contributed by atoms with E-state index >= 15 is 0 Å². The zero-order chi connectivity index (χ0) is 21.3. The Bertz CT molecular complexity index is 1060. The number of nitrogens with two attached hydrogens (primary N) is 1. The van der Waals surface area contributed by atoms with Crippen molar-refractivity contribution in [3.8, 4) is 11.3 Å². The minimum Gasteiger partial charge on any atom is -0.383 e. The molecule has 0 fully saturated rings. The van der Waals surface area contributed by atoms with Crippen LogP contribution in [0, 0.1) is 0 Å². The highest BCUT2D eigenvalue weighted by Crippen LogP contribution is 2.33. The number of benzene rings is 1. The number of aryl methyl sites for hydroxylation is 1. The van der Waals surface area contributed by atoms with Gasteiger partial charge in [0.2, 0.25) is 0 Å². The number of nitrogen functional groups attached to an aromatic ring is 1. The van der Waals surface area contributed by atoms with E-state index in [0.717, 1.165) is 10.7 Å². The summed E-state index contributed by atoms with van der Waals surface area (Å²) in [5.74, 6) is -0.650. The number of hydrogen-bond donors (Lipinski definition) is 4. The van der Waals surface area contributed by atoms with Crippen molar-refractivity contribution in [1.29, 1.82) is 0 Å². The summed E-state index contributed by atoms with van der Waals surface area (Å²) >= 11 is 0. The molecule has 29 heavy (non-hydrogen) atoms. The third-order valence-electron chi connectivity index (χ3n) is 3.95. The van der Waals surface area contributed by atoms with Crippen LogP contribution in [0.5, 0.6) is 0 Å². The number of aromatic nitrogens is 3. The average Bonchev–Trinajstić information content (AvgIpc) is 3.04. The molecule has 1 amide bonds. The fraction of sp³-hybridized carbons (Fsp3) is 0.118. The summed E-state index contributed by atoms with van der Waals surface area (Å²) in [6.45, 7) is 0. The van der Waals surface area contributed by atoms with Gasteiger partial charge in [0, 0.05) is 18.2 Å². The van der Waals surface area contributed by atoms with Crippen molar-refractivity contribution < 1.29 is 28.4 Å². The van der Waals surface area contributed by atoms with Gasteiger partial charge in [0.1, 0.15) is 11.6 Å². The first-order valence-electron chi connectivity index (χ1n) is 8.03. The van der Waals surface area contributed by atoms with Gasteiger partial charge in [-0.15, -0.1) is 5.23 Å². The van der Waals surface area contributed by atoms with Crippen molar-refractivity contribution in [2.45, 2.75) is 6.18 Å². The van der Waals surface area contributed by atoms with E-state index in [4.69, 9.17) is 16.1 Å². The molecule has 0 saturated carbocycles. The molecule has 3 aromatic rings. The highest BCUT2D eigenvalue weighted by Gasteiger charge is 2.35. The van der Waals surface area contributed by atoms with Crippen LogP contribution in [0.4, 0.5) is 30.5 Å². The van der Waals surface area contributed by atoms with Crippen LogP contribution in [-0.4, -0.2) is 31.1 Å². The number of nitrogens with one attached hydrogen (secondary N) is 1. The van der Waals surface area contributed by atoms with Crippen molar-refractivity contribution in [1.82, 2.24) is 14.8 Å². The first kappa shape index (κ1) is 20.1. The van der Waals surface area contributed by atoms with E-state index in [1.54, 1.807) is 0 Å². The molecule has 0 radical (unpaired) electrons. The SMILES string of the molecule is Cn1nc(C(F)(F)F)cc1-c1ccc(NC(=O)c2cccc(N(O)O)c2)nc1N. The van der Waals surface area contributed by atoms with Crippen LogP contribution in [0.3, 0.4) is 0 Å². The molecule has 0 unspecified atom stereocenters. The quantitative estimate of drug-likeness (QED) is 0.489. The zero-order valence-corrected chi connectivity index (χ0v) is 14.8. The first-order chi connectivity index (χ1) is 13.6. The molecule has 1 aromatic carbocycles. The highest BCUT2D eigenvalue weighted by molar-refractivity contribution is 6.04. The number of carbonyl (C=O) groups excluding carboxylic acids is 1. The number of halogens is 3. The van der Waals surface area contributed by atoms with E-state index in [-0.39, 0.29) is 39.4 Å². The Balaban J connectivity index is 1.84. The second-order valence-corrected chi connectivity index (χ2v) is 5.96. The lowest BCUT2D eigenvalue weighted by atomic mass is 10.1. The number of nitrogens with zero attached hydrogens (tertiary/aromatic N) is 4. The van der Waals surface area contributed by atoms with Crippen molar-refractivity contribution in [3.63, 3.8) is 0 Å². The fourth-order valence-electron chi connectivity index (χ4n) is 2.58. The van der Waals surface area contributed by atoms with Gasteiger partial charge < -0.3 is 11.1 Å². The van der Waals surface area contributed by atoms with E-state index in [1.807, 2.05) is 0 Å². The zero-order valence-electron chi connectivity index (χ0n) is 14.8.